The van der Waals surface area contributed by atoms with Crippen LogP contribution >= 0.6 is 24.4 Å². The predicted octanol–water partition coefficient (Wildman–Crippen LogP) is 4.40. The molecule has 0 saturated heterocycles. The van der Waals surface area contributed by atoms with E-state index in [9.17, 15) is 9.59 Å². The number of nitrogens with one attached hydrogen (secondary N) is 1. The third-order valence-corrected chi connectivity index (χ3v) is 9.17. The summed E-state index contributed by atoms with van der Waals surface area (Å²) < 4.78 is 5.56. The smallest absolute Gasteiger partial charge is 0.366 e. The highest BCUT2D eigenvalue weighted by Gasteiger charge is 2.52. The Labute approximate surface area is 185 Å². The van der Waals surface area contributed by atoms with Gasteiger partial charge in [0.15, 0.2) is 0 Å². The van der Waals surface area contributed by atoms with Gasteiger partial charge < -0.3 is 9.57 Å². The average molecular weight is 444 g/mol. The average Bonchev–Trinajstić information content (AvgIpc) is 2.67. The van der Waals surface area contributed by atoms with Crippen LogP contribution in [-0.4, -0.2) is 39.8 Å². The Morgan fingerprint density at radius 1 is 1.14 bits per heavy atom. The molecule has 0 spiro atoms. The summed E-state index contributed by atoms with van der Waals surface area (Å²) in [6.45, 7) is 8.14. The summed E-state index contributed by atoms with van der Waals surface area (Å²) in [5.74, 6) is 1.84. The van der Waals surface area contributed by atoms with E-state index in [0.29, 0.717) is 11.5 Å². The number of thioether (sulfide) groups is 1. The SMILES string of the molecule is CCC(C)(C)SC[C@H](OC(=O)[C@H](C)CS)C(=O)ONC12CC3CC(CC(C3)C1)C2. The monoisotopic (exact) mass is 443 g/mol. The van der Waals surface area contributed by atoms with E-state index >= 15 is 0 Å². The van der Waals surface area contributed by atoms with Crippen molar-refractivity contribution in [2.45, 2.75) is 89.0 Å². The van der Waals surface area contributed by atoms with Crippen LogP contribution in [-0.2, 0) is 19.2 Å². The molecule has 0 amide bonds. The lowest BCUT2D eigenvalue weighted by Gasteiger charge is -2.56. The van der Waals surface area contributed by atoms with Gasteiger partial charge in [-0.2, -0.15) is 24.4 Å². The van der Waals surface area contributed by atoms with Crippen LogP contribution < -0.4 is 5.48 Å². The van der Waals surface area contributed by atoms with Gasteiger partial charge in [-0.3, -0.25) is 4.79 Å². The zero-order valence-corrected chi connectivity index (χ0v) is 20.0. The second kappa shape index (κ2) is 9.39. The topological polar surface area (TPSA) is 64.6 Å². The molecule has 0 aromatic rings. The van der Waals surface area contributed by atoms with Crippen LogP contribution in [0.25, 0.3) is 0 Å². The molecule has 29 heavy (non-hydrogen) atoms. The van der Waals surface area contributed by atoms with E-state index in [1.54, 1.807) is 18.7 Å². The van der Waals surface area contributed by atoms with Crippen LogP contribution in [0.1, 0.15) is 72.6 Å². The van der Waals surface area contributed by atoms with Crippen LogP contribution in [0.5, 0.6) is 0 Å². The van der Waals surface area contributed by atoms with E-state index < -0.39 is 18.0 Å². The van der Waals surface area contributed by atoms with Crippen molar-refractivity contribution in [1.82, 2.24) is 5.48 Å². The number of hydrogen-bond acceptors (Lipinski definition) is 7. The summed E-state index contributed by atoms with van der Waals surface area (Å²) >= 11 is 5.81. The minimum Gasteiger partial charge on any atom is -0.449 e. The molecule has 166 valence electrons. The van der Waals surface area contributed by atoms with Crippen molar-refractivity contribution in [2.75, 3.05) is 11.5 Å². The van der Waals surface area contributed by atoms with Crippen molar-refractivity contribution in [3.8, 4) is 0 Å². The molecule has 0 aliphatic heterocycles. The maximum Gasteiger partial charge on any atom is 0.366 e. The van der Waals surface area contributed by atoms with Crippen LogP contribution in [0.15, 0.2) is 0 Å². The molecule has 0 unspecified atom stereocenters. The summed E-state index contributed by atoms with van der Waals surface area (Å²) in [6.07, 6.45) is 7.33. The first-order valence-electron chi connectivity index (χ1n) is 11.1. The molecule has 0 aromatic carbocycles. The second-order valence-corrected chi connectivity index (χ2v) is 12.2. The zero-order valence-electron chi connectivity index (χ0n) is 18.2. The highest BCUT2D eigenvalue weighted by molar-refractivity contribution is 8.00. The Kier molecular flexibility index (Phi) is 7.54. The van der Waals surface area contributed by atoms with Gasteiger partial charge in [0.25, 0.3) is 0 Å². The second-order valence-electron chi connectivity index (χ2n) is 10.2. The Hall–Kier alpha value is -0.400. The van der Waals surface area contributed by atoms with Crippen molar-refractivity contribution < 1.29 is 19.2 Å². The number of thiol groups is 1. The van der Waals surface area contributed by atoms with Crippen LogP contribution in [0.2, 0.25) is 0 Å². The number of rotatable bonds is 10. The summed E-state index contributed by atoms with van der Waals surface area (Å²) in [5.41, 5.74) is 3.09. The molecular formula is C22H37NO4S2. The summed E-state index contributed by atoms with van der Waals surface area (Å²) in [7, 11) is 0. The molecule has 2 atom stereocenters. The van der Waals surface area contributed by atoms with Gasteiger partial charge in [0.05, 0.1) is 11.5 Å². The molecule has 0 radical (unpaired) electrons. The highest BCUT2D eigenvalue weighted by atomic mass is 32.2. The van der Waals surface area contributed by atoms with Gasteiger partial charge in [-0.25, -0.2) is 4.79 Å². The van der Waals surface area contributed by atoms with Crippen LogP contribution in [0.4, 0.5) is 0 Å². The van der Waals surface area contributed by atoms with Crippen molar-refractivity contribution >= 4 is 36.3 Å². The van der Waals surface area contributed by atoms with E-state index in [0.717, 1.165) is 43.4 Å². The maximum absolute atomic E-state index is 12.9. The van der Waals surface area contributed by atoms with Gasteiger partial charge in [0.2, 0.25) is 6.10 Å². The zero-order chi connectivity index (χ0) is 21.2. The normalized spacial score (nSPS) is 32.7. The van der Waals surface area contributed by atoms with Crippen molar-refractivity contribution in [3.63, 3.8) is 0 Å². The van der Waals surface area contributed by atoms with Crippen molar-refractivity contribution in [2.24, 2.45) is 23.7 Å². The predicted molar refractivity (Wildman–Crippen MR) is 120 cm³/mol. The summed E-state index contributed by atoms with van der Waals surface area (Å²) in [6, 6.07) is 0. The molecule has 4 fully saturated rings. The maximum atomic E-state index is 12.9. The van der Waals surface area contributed by atoms with Crippen molar-refractivity contribution in [3.05, 3.63) is 0 Å². The lowest BCUT2D eigenvalue weighted by molar-refractivity contribution is -0.182. The molecule has 4 bridgehead atoms. The molecule has 7 heteroatoms. The third kappa shape index (κ3) is 5.85. The lowest BCUT2D eigenvalue weighted by atomic mass is 9.53. The van der Waals surface area contributed by atoms with E-state index in [1.807, 2.05) is 0 Å². The Morgan fingerprint density at radius 3 is 2.17 bits per heavy atom. The number of hydroxylamine groups is 1. The molecular weight excluding hydrogens is 406 g/mol. The van der Waals surface area contributed by atoms with Crippen molar-refractivity contribution in [1.29, 1.82) is 0 Å². The highest BCUT2D eigenvalue weighted by Crippen LogP contribution is 2.55. The largest absolute Gasteiger partial charge is 0.449 e. The van der Waals surface area contributed by atoms with Gasteiger partial charge in [0.1, 0.15) is 0 Å². The molecule has 0 aromatic heterocycles. The Balaban J connectivity index is 1.60. The number of carbonyl (C=O) groups is 2. The van der Waals surface area contributed by atoms with Crippen LogP contribution in [0.3, 0.4) is 0 Å². The molecule has 4 saturated carbocycles. The molecule has 4 aliphatic carbocycles. The first kappa shape index (κ1) is 23.3. The Morgan fingerprint density at radius 2 is 1.69 bits per heavy atom. The van der Waals surface area contributed by atoms with Gasteiger partial charge >= 0.3 is 11.9 Å². The number of ether oxygens (including phenoxy) is 1. The van der Waals surface area contributed by atoms with Gasteiger partial charge in [0, 0.05) is 16.3 Å². The molecule has 4 aliphatic rings. The first-order chi connectivity index (χ1) is 13.6. The fraction of sp³-hybridized carbons (Fsp3) is 0.909. The summed E-state index contributed by atoms with van der Waals surface area (Å²) in [5, 5.41) is 0. The number of hydrogen-bond donors (Lipinski definition) is 2. The quantitative estimate of drug-likeness (QED) is 0.296. The molecule has 5 nitrogen and oxygen atoms in total. The fourth-order valence-corrected chi connectivity index (χ4v) is 6.50. The van der Waals surface area contributed by atoms with Gasteiger partial charge in [-0.05, 0) is 62.7 Å². The van der Waals surface area contributed by atoms with Gasteiger partial charge in [-0.1, -0.05) is 27.7 Å². The molecule has 1 N–H and O–H groups in total. The number of esters is 1. The minimum atomic E-state index is -0.901. The first-order valence-corrected chi connectivity index (χ1v) is 12.7. The minimum absolute atomic E-state index is 0.00740. The van der Waals surface area contributed by atoms with Crippen LogP contribution in [0, 0.1) is 23.7 Å². The third-order valence-electron chi connectivity index (χ3n) is 7.08. The molecule has 0 heterocycles. The lowest BCUT2D eigenvalue weighted by Crippen LogP contribution is -2.59. The van der Waals surface area contributed by atoms with E-state index in [-0.39, 0.29) is 16.2 Å². The standard InChI is InChI=1S/C22H37NO4S2/c1-5-21(3,4)29-13-18(26-19(24)14(2)12-28)20(25)27-23-22-9-15-6-16(10-22)8-17(7-15)11-22/h14-18,23,28H,5-13H2,1-4H3/t14-,15?,16?,17?,18+,22?/m1/s1. The summed E-state index contributed by atoms with van der Waals surface area (Å²) in [4.78, 5) is 30.8. The fourth-order valence-electron chi connectivity index (χ4n) is 5.34. The Bertz CT molecular complexity index is 574. The van der Waals surface area contributed by atoms with Gasteiger partial charge in [-0.15, -0.1) is 5.48 Å². The van der Waals surface area contributed by atoms with E-state index in [2.05, 4.69) is 38.9 Å². The van der Waals surface area contributed by atoms with E-state index in [1.165, 1.54) is 19.3 Å². The number of carbonyl (C=O) groups excluding carboxylic acids is 2. The van der Waals surface area contributed by atoms with E-state index in [4.69, 9.17) is 9.57 Å². The molecule has 4 rings (SSSR count).